The Morgan fingerprint density at radius 2 is 2.17 bits per heavy atom. The lowest BCUT2D eigenvalue weighted by Gasteiger charge is -2.39. The van der Waals surface area contributed by atoms with Crippen LogP contribution >= 0.6 is 0 Å². The standard InChI is InChI=1S/C13H23NO4/c1-3-4-6-11(15)14-8-5-7-13(9-14,10-18-2)12(16)17/h3-10H2,1-2H3,(H,16,17). The number of hydrogen-bond acceptors (Lipinski definition) is 3. The molecule has 18 heavy (non-hydrogen) atoms. The number of piperidine rings is 1. The van der Waals surface area contributed by atoms with Gasteiger partial charge in [0, 0.05) is 26.6 Å². The van der Waals surface area contributed by atoms with E-state index in [9.17, 15) is 14.7 Å². The maximum atomic E-state index is 12.0. The number of methoxy groups -OCH3 is 1. The van der Waals surface area contributed by atoms with Gasteiger partial charge in [0.2, 0.25) is 5.91 Å². The molecule has 1 aliphatic heterocycles. The number of carboxylic acid groups (broad SMARTS) is 1. The zero-order chi connectivity index (χ0) is 13.6. The molecule has 0 radical (unpaired) electrons. The van der Waals surface area contributed by atoms with Crippen molar-refractivity contribution in [3.63, 3.8) is 0 Å². The lowest BCUT2D eigenvalue weighted by Crippen LogP contribution is -2.52. The number of ether oxygens (including phenoxy) is 1. The zero-order valence-corrected chi connectivity index (χ0v) is 11.3. The molecule has 1 aliphatic rings. The van der Waals surface area contributed by atoms with Crippen LogP contribution in [0.5, 0.6) is 0 Å². The Labute approximate surface area is 108 Å². The number of unbranched alkanes of at least 4 members (excludes halogenated alkanes) is 1. The minimum absolute atomic E-state index is 0.0679. The van der Waals surface area contributed by atoms with E-state index in [0.717, 1.165) is 19.3 Å². The van der Waals surface area contributed by atoms with Crippen molar-refractivity contribution in [2.75, 3.05) is 26.8 Å². The number of rotatable bonds is 6. The summed E-state index contributed by atoms with van der Waals surface area (Å²) < 4.78 is 5.04. The molecule has 1 atom stereocenters. The van der Waals surface area contributed by atoms with E-state index in [-0.39, 0.29) is 19.1 Å². The highest BCUT2D eigenvalue weighted by Gasteiger charge is 2.43. The number of hydrogen-bond donors (Lipinski definition) is 1. The van der Waals surface area contributed by atoms with E-state index in [1.807, 2.05) is 6.92 Å². The average Bonchev–Trinajstić information content (AvgIpc) is 2.36. The monoisotopic (exact) mass is 257 g/mol. The Hall–Kier alpha value is -1.10. The van der Waals surface area contributed by atoms with Crippen LogP contribution in [0.4, 0.5) is 0 Å². The van der Waals surface area contributed by atoms with Crippen molar-refractivity contribution in [1.29, 1.82) is 0 Å². The third-order valence-electron chi connectivity index (χ3n) is 3.55. The van der Waals surface area contributed by atoms with Gasteiger partial charge in [0.15, 0.2) is 0 Å². The van der Waals surface area contributed by atoms with Gasteiger partial charge >= 0.3 is 5.97 Å². The molecule has 0 aromatic heterocycles. The van der Waals surface area contributed by atoms with Crippen molar-refractivity contribution in [3.05, 3.63) is 0 Å². The molecule has 1 rings (SSSR count). The molecule has 1 amide bonds. The molecule has 0 spiro atoms. The van der Waals surface area contributed by atoms with E-state index in [0.29, 0.717) is 19.4 Å². The van der Waals surface area contributed by atoms with Gasteiger partial charge in [-0.2, -0.15) is 0 Å². The van der Waals surface area contributed by atoms with E-state index in [1.165, 1.54) is 7.11 Å². The molecular weight excluding hydrogens is 234 g/mol. The van der Waals surface area contributed by atoms with E-state index in [1.54, 1.807) is 4.90 Å². The highest BCUT2D eigenvalue weighted by Crippen LogP contribution is 2.31. The lowest BCUT2D eigenvalue weighted by atomic mass is 9.80. The molecule has 0 aliphatic carbocycles. The first-order chi connectivity index (χ1) is 8.55. The van der Waals surface area contributed by atoms with Gasteiger partial charge in [-0.05, 0) is 19.3 Å². The third kappa shape index (κ3) is 3.45. The topological polar surface area (TPSA) is 66.8 Å². The number of nitrogens with zero attached hydrogens (tertiary/aromatic N) is 1. The van der Waals surface area contributed by atoms with Crippen LogP contribution in [-0.2, 0) is 14.3 Å². The zero-order valence-electron chi connectivity index (χ0n) is 11.3. The maximum absolute atomic E-state index is 12.0. The predicted octanol–water partition coefficient (Wildman–Crippen LogP) is 1.52. The van der Waals surface area contributed by atoms with Gasteiger partial charge in [0.25, 0.3) is 0 Å². The number of carbonyl (C=O) groups is 2. The second-order valence-electron chi connectivity index (χ2n) is 5.04. The van der Waals surface area contributed by atoms with Crippen LogP contribution in [0, 0.1) is 5.41 Å². The summed E-state index contributed by atoms with van der Waals surface area (Å²) in [4.78, 5) is 25.1. The first-order valence-electron chi connectivity index (χ1n) is 6.56. The number of carbonyl (C=O) groups excluding carboxylic acids is 1. The first-order valence-corrected chi connectivity index (χ1v) is 6.56. The van der Waals surface area contributed by atoms with Crippen LogP contribution in [0.25, 0.3) is 0 Å². The van der Waals surface area contributed by atoms with E-state index in [2.05, 4.69) is 0 Å². The number of aliphatic carboxylic acids is 1. The van der Waals surface area contributed by atoms with Crippen LogP contribution in [0.2, 0.25) is 0 Å². The van der Waals surface area contributed by atoms with Crippen LogP contribution in [-0.4, -0.2) is 48.7 Å². The van der Waals surface area contributed by atoms with Crippen LogP contribution in [0.1, 0.15) is 39.0 Å². The van der Waals surface area contributed by atoms with Crippen molar-refractivity contribution < 1.29 is 19.4 Å². The quantitative estimate of drug-likeness (QED) is 0.783. The Bertz CT molecular complexity index is 301. The van der Waals surface area contributed by atoms with Crippen molar-refractivity contribution in [1.82, 2.24) is 4.90 Å². The molecular formula is C13H23NO4. The molecule has 0 saturated carbocycles. The minimum Gasteiger partial charge on any atom is -0.481 e. The molecule has 5 nitrogen and oxygen atoms in total. The minimum atomic E-state index is -0.922. The van der Waals surface area contributed by atoms with Crippen LogP contribution in [0.3, 0.4) is 0 Å². The van der Waals surface area contributed by atoms with Gasteiger partial charge in [0.05, 0.1) is 6.61 Å². The second kappa shape index (κ2) is 6.73. The Balaban J connectivity index is 2.68. The summed E-state index contributed by atoms with van der Waals surface area (Å²) in [7, 11) is 1.50. The van der Waals surface area contributed by atoms with Gasteiger partial charge in [-0.25, -0.2) is 0 Å². The Morgan fingerprint density at radius 3 is 2.72 bits per heavy atom. The molecule has 1 fully saturated rings. The fourth-order valence-corrected chi connectivity index (χ4v) is 2.46. The second-order valence-corrected chi connectivity index (χ2v) is 5.04. The molecule has 0 aromatic rings. The van der Waals surface area contributed by atoms with Gasteiger partial charge in [0.1, 0.15) is 5.41 Å². The van der Waals surface area contributed by atoms with Crippen molar-refractivity contribution >= 4 is 11.9 Å². The third-order valence-corrected chi connectivity index (χ3v) is 3.55. The van der Waals surface area contributed by atoms with Crippen molar-refractivity contribution in [2.24, 2.45) is 5.41 Å². The summed E-state index contributed by atoms with van der Waals surface area (Å²) in [5.41, 5.74) is -0.922. The normalized spacial score (nSPS) is 24.0. The fourth-order valence-electron chi connectivity index (χ4n) is 2.46. The number of likely N-dealkylation sites (tertiary alicyclic amines) is 1. The van der Waals surface area contributed by atoms with Gasteiger partial charge in [-0.3, -0.25) is 9.59 Å². The van der Waals surface area contributed by atoms with Gasteiger partial charge in [-0.1, -0.05) is 13.3 Å². The molecule has 104 valence electrons. The lowest BCUT2D eigenvalue weighted by molar-refractivity contribution is -0.159. The highest BCUT2D eigenvalue weighted by molar-refractivity contribution is 5.79. The summed E-state index contributed by atoms with van der Waals surface area (Å²) in [6.07, 6.45) is 3.65. The summed E-state index contributed by atoms with van der Waals surface area (Å²) in [5, 5.41) is 9.38. The molecule has 5 heteroatoms. The number of carboxylic acids is 1. The number of amides is 1. The Morgan fingerprint density at radius 1 is 1.44 bits per heavy atom. The predicted molar refractivity (Wildman–Crippen MR) is 67.3 cm³/mol. The fraction of sp³-hybridized carbons (Fsp3) is 0.846. The first kappa shape index (κ1) is 15.0. The van der Waals surface area contributed by atoms with Gasteiger partial charge < -0.3 is 14.7 Å². The van der Waals surface area contributed by atoms with Crippen LogP contribution < -0.4 is 0 Å². The van der Waals surface area contributed by atoms with Crippen molar-refractivity contribution in [2.45, 2.75) is 39.0 Å². The molecule has 1 unspecified atom stereocenters. The smallest absolute Gasteiger partial charge is 0.313 e. The molecule has 0 bridgehead atoms. The molecule has 1 heterocycles. The van der Waals surface area contributed by atoms with E-state index < -0.39 is 11.4 Å². The molecule has 0 aromatic carbocycles. The molecule has 1 saturated heterocycles. The average molecular weight is 257 g/mol. The van der Waals surface area contributed by atoms with E-state index >= 15 is 0 Å². The SMILES string of the molecule is CCCCC(=O)N1CCCC(COC)(C(=O)O)C1. The summed E-state index contributed by atoms with van der Waals surface area (Å²) in [6, 6.07) is 0. The van der Waals surface area contributed by atoms with Crippen LogP contribution in [0.15, 0.2) is 0 Å². The highest BCUT2D eigenvalue weighted by atomic mass is 16.5. The van der Waals surface area contributed by atoms with Crippen molar-refractivity contribution in [3.8, 4) is 0 Å². The molecule has 1 N–H and O–H groups in total. The van der Waals surface area contributed by atoms with Gasteiger partial charge in [-0.15, -0.1) is 0 Å². The largest absolute Gasteiger partial charge is 0.481 e. The van der Waals surface area contributed by atoms with E-state index in [4.69, 9.17) is 4.74 Å². The summed E-state index contributed by atoms with van der Waals surface area (Å²) in [6.45, 7) is 3.15. The Kier molecular flexibility index (Phi) is 5.59. The summed E-state index contributed by atoms with van der Waals surface area (Å²) in [5.74, 6) is -0.796. The summed E-state index contributed by atoms with van der Waals surface area (Å²) >= 11 is 0. The maximum Gasteiger partial charge on any atom is 0.313 e.